The van der Waals surface area contributed by atoms with Crippen LogP contribution in [-0.4, -0.2) is 15.9 Å². The normalized spacial score (nSPS) is 12.5. The highest BCUT2D eigenvalue weighted by Crippen LogP contribution is 2.31. The van der Waals surface area contributed by atoms with E-state index in [1.807, 2.05) is 30.3 Å². The first kappa shape index (κ1) is 18.2. The number of hydrogen-bond acceptors (Lipinski definition) is 2. The van der Waals surface area contributed by atoms with Crippen molar-refractivity contribution >= 4 is 58.0 Å². The summed E-state index contributed by atoms with van der Waals surface area (Å²) < 4.78 is -1.72. The first-order chi connectivity index (χ1) is 10.8. The molecule has 0 aromatic heterocycles. The van der Waals surface area contributed by atoms with Gasteiger partial charge >= 0.3 is 0 Å². The monoisotopic (exact) mass is 390 g/mol. The minimum absolute atomic E-state index is 0.195. The lowest BCUT2D eigenvalue weighted by molar-refractivity contribution is -0.120. The molecule has 0 heterocycles. The highest BCUT2D eigenvalue weighted by atomic mass is 35.6. The molecule has 3 nitrogen and oxygen atoms in total. The van der Waals surface area contributed by atoms with Gasteiger partial charge in [-0.2, -0.15) is 0 Å². The number of benzene rings is 2. The third-order valence-electron chi connectivity index (χ3n) is 3.00. The van der Waals surface area contributed by atoms with Crippen molar-refractivity contribution in [2.75, 3.05) is 5.32 Å². The molecule has 0 bridgehead atoms. The summed E-state index contributed by atoms with van der Waals surface area (Å²) >= 11 is 23.7. The van der Waals surface area contributed by atoms with Crippen molar-refractivity contribution in [2.45, 2.75) is 16.4 Å². The Bertz CT molecular complexity index is 641. The molecule has 0 fully saturated rings. The van der Waals surface area contributed by atoms with Gasteiger partial charge in [-0.1, -0.05) is 76.7 Å². The van der Waals surface area contributed by atoms with Crippen LogP contribution in [0, 0.1) is 0 Å². The van der Waals surface area contributed by atoms with E-state index in [4.69, 9.17) is 46.4 Å². The van der Waals surface area contributed by atoms with Crippen molar-refractivity contribution < 1.29 is 4.79 Å². The second-order valence-electron chi connectivity index (χ2n) is 4.86. The molecule has 0 saturated carbocycles. The molecule has 0 spiro atoms. The summed E-state index contributed by atoms with van der Waals surface area (Å²) in [5, 5.41) is 6.26. The van der Waals surface area contributed by atoms with E-state index in [9.17, 15) is 4.79 Å². The van der Waals surface area contributed by atoms with Crippen LogP contribution in [0.25, 0.3) is 0 Å². The van der Waals surface area contributed by atoms with Gasteiger partial charge in [-0.15, -0.1) is 0 Å². The van der Waals surface area contributed by atoms with Gasteiger partial charge in [0, 0.05) is 10.7 Å². The summed E-state index contributed by atoms with van der Waals surface area (Å²) in [6.07, 6.45) is -0.690. The number of carbonyl (C=O) groups excluding carboxylic acids is 1. The minimum atomic E-state index is -1.72. The van der Waals surface area contributed by atoms with E-state index in [1.54, 1.807) is 24.3 Å². The fourth-order valence-corrected chi connectivity index (χ4v) is 2.36. The zero-order valence-corrected chi connectivity index (χ0v) is 14.9. The highest BCUT2D eigenvalue weighted by Gasteiger charge is 2.34. The molecule has 2 aromatic carbocycles. The molecule has 1 amide bonds. The highest BCUT2D eigenvalue weighted by molar-refractivity contribution is 6.68. The maximum atomic E-state index is 12.2. The Morgan fingerprint density at radius 1 is 1.00 bits per heavy atom. The lowest BCUT2D eigenvalue weighted by Gasteiger charge is -2.27. The summed E-state index contributed by atoms with van der Waals surface area (Å²) in [6.45, 7) is 0. The van der Waals surface area contributed by atoms with Crippen LogP contribution in [0.3, 0.4) is 0 Å². The Labute approximate surface area is 154 Å². The lowest BCUT2D eigenvalue weighted by Crippen LogP contribution is -2.49. The summed E-state index contributed by atoms with van der Waals surface area (Å²) in [4.78, 5) is 12.2. The van der Waals surface area contributed by atoms with Gasteiger partial charge in [-0.3, -0.25) is 4.79 Å². The molecule has 0 aliphatic rings. The number of hydrogen-bond donors (Lipinski definition) is 2. The number of rotatable bonds is 5. The van der Waals surface area contributed by atoms with Crippen molar-refractivity contribution in [1.29, 1.82) is 0 Å². The number of halogens is 4. The SMILES string of the molecule is O=C(Cc1ccccc1)NC(Nc1ccc(Cl)cc1)C(Cl)(Cl)Cl. The van der Waals surface area contributed by atoms with Gasteiger partial charge in [-0.25, -0.2) is 0 Å². The van der Waals surface area contributed by atoms with Crippen molar-refractivity contribution in [2.24, 2.45) is 0 Å². The third kappa shape index (κ3) is 6.11. The quantitative estimate of drug-likeness (QED) is 0.567. The molecule has 1 unspecified atom stereocenters. The van der Waals surface area contributed by atoms with E-state index in [1.165, 1.54) is 0 Å². The summed E-state index contributed by atoms with van der Waals surface area (Å²) in [7, 11) is 0. The predicted molar refractivity (Wildman–Crippen MR) is 97.4 cm³/mol. The second-order valence-corrected chi connectivity index (χ2v) is 7.66. The van der Waals surface area contributed by atoms with E-state index < -0.39 is 9.96 Å². The summed E-state index contributed by atoms with van der Waals surface area (Å²) in [6, 6.07) is 16.2. The van der Waals surface area contributed by atoms with Crippen LogP contribution in [0.15, 0.2) is 54.6 Å². The van der Waals surface area contributed by atoms with Crippen molar-refractivity contribution in [3.8, 4) is 0 Å². The molecular weight excluding hydrogens is 378 g/mol. The third-order valence-corrected chi connectivity index (χ3v) is 3.90. The van der Waals surface area contributed by atoms with Gasteiger partial charge in [0.15, 0.2) is 0 Å². The van der Waals surface area contributed by atoms with Crippen LogP contribution in [0.1, 0.15) is 5.56 Å². The van der Waals surface area contributed by atoms with Crippen molar-refractivity contribution in [1.82, 2.24) is 5.32 Å². The zero-order valence-electron chi connectivity index (χ0n) is 11.9. The molecule has 122 valence electrons. The molecule has 7 heteroatoms. The number of anilines is 1. The van der Waals surface area contributed by atoms with Crippen LogP contribution in [-0.2, 0) is 11.2 Å². The molecule has 23 heavy (non-hydrogen) atoms. The molecular formula is C16H14Cl4N2O. The van der Waals surface area contributed by atoms with Crippen LogP contribution >= 0.6 is 46.4 Å². The average Bonchev–Trinajstić information content (AvgIpc) is 2.49. The minimum Gasteiger partial charge on any atom is -0.362 e. The average molecular weight is 392 g/mol. The van der Waals surface area contributed by atoms with E-state index in [0.29, 0.717) is 10.7 Å². The van der Waals surface area contributed by atoms with E-state index in [0.717, 1.165) is 5.56 Å². The Kier molecular flexibility index (Phi) is 6.42. The van der Waals surface area contributed by atoms with Crippen LogP contribution in [0.5, 0.6) is 0 Å². The molecule has 2 N–H and O–H groups in total. The maximum absolute atomic E-state index is 12.2. The molecule has 0 aliphatic carbocycles. The summed E-state index contributed by atoms with van der Waals surface area (Å²) in [5.41, 5.74) is 1.55. The number of alkyl halides is 3. The molecule has 2 rings (SSSR count). The van der Waals surface area contributed by atoms with Gasteiger partial charge in [-0.05, 0) is 29.8 Å². The predicted octanol–water partition coefficient (Wildman–Crippen LogP) is 4.81. The van der Waals surface area contributed by atoms with Crippen molar-refractivity contribution in [3.63, 3.8) is 0 Å². The van der Waals surface area contributed by atoms with E-state index in [-0.39, 0.29) is 12.3 Å². The molecule has 0 radical (unpaired) electrons. The number of amides is 1. The Morgan fingerprint density at radius 2 is 1.61 bits per heavy atom. The fourth-order valence-electron chi connectivity index (χ4n) is 1.91. The van der Waals surface area contributed by atoms with Gasteiger partial charge in [0.1, 0.15) is 6.17 Å². The molecule has 1 atom stereocenters. The van der Waals surface area contributed by atoms with E-state index in [2.05, 4.69) is 10.6 Å². The number of carbonyl (C=O) groups is 1. The van der Waals surface area contributed by atoms with Crippen LogP contribution < -0.4 is 10.6 Å². The topological polar surface area (TPSA) is 41.1 Å². The maximum Gasteiger partial charge on any atom is 0.228 e. The summed E-state index contributed by atoms with van der Waals surface area (Å²) in [5.74, 6) is -0.256. The van der Waals surface area contributed by atoms with Gasteiger partial charge in [0.25, 0.3) is 0 Å². The van der Waals surface area contributed by atoms with Gasteiger partial charge in [0.05, 0.1) is 6.42 Å². The van der Waals surface area contributed by atoms with Gasteiger partial charge in [0.2, 0.25) is 9.70 Å². The first-order valence-corrected chi connectivity index (χ1v) is 8.28. The Morgan fingerprint density at radius 3 is 2.17 bits per heavy atom. The number of nitrogens with one attached hydrogen (secondary N) is 2. The lowest BCUT2D eigenvalue weighted by atomic mass is 10.1. The zero-order chi connectivity index (χ0) is 16.9. The molecule has 0 aliphatic heterocycles. The fraction of sp³-hybridized carbons (Fsp3) is 0.188. The first-order valence-electron chi connectivity index (χ1n) is 6.77. The standard InChI is InChI=1S/C16H14Cl4N2O/c17-12-6-8-13(9-7-12)21-15(16(18,19)20)22-14(23)10-11-4-2-1-3-5-11/h1-9,15,21H,10H2,(H,22,23). The largest absolute Gasteiger partial charge is 0.362 e. The van der Waals surface area contributed by atoms with Crippen molar-refractivity contribution in [3.05, 3.63) is 65.2 Å². The van der Waals surface area contributed by atoms with Crippen LogP contribution in [0.2, 0.25) is 5.02 Å². The molecule has 2 aromatic rings. The van der Waals surface area contributed by atoms with E-state index >= 15 is 0 Å². The second kappa shape index (κ2) is 8.11. The Balaban J connectivity index is 2.04. The Hall–Kier alpha value is -1.13. The smallest absolute Gasteiger partial charge is 0.228 e. The molecule has 0 saturated heterocycles. The van der Waals surface area contributed by atoms with Crippen LogP contribution in [0.4, 0.5) is 5.69 Å². The van der Waals surface area contributed by atoms with Gasteiger partial charge < -0.3 is 10.6 Å².